The quantitative estimate of drug-likeness (QED) is 0.352. The molecule has 3 rings (SSSR count). The summed E-state index contributed by atoms with van der Waals surface area (Å²) in [4.78, 5) is 27.8. The molecule has 5 nitrogen and oxygen atoms in total. The van der Waals surface area contributed by atoms with Crippen molar-refractivity contribution in [3.63, 3.8) is 0 Å². The largest absolute Gasteiger partial charge is 0.478 e. The summed E-state index contributed by atoms with van der Waals surface area (Å²) < 4.78 is 0. The molecule has 0 spiro atoms. The second-order valence-electron chi connectivity index (χ2n) is 7.79. The maximum Gasteiger partial charge on any atom is 0.336 e. The average molecular weight is 425 g/mol. The molecule has 0 bridgehead atoms. The molecule has 0 saturated carbocycles. The van der Waals surface area contributed by atoms with Crippen LogP contribution in [0.5, 0.6) is 0 Å². The van der Waals surface area contributed by atoms with Gasteiger partial charge in [0, 0.05) is 12.1 Å². The van der Waals surface area contributed by atoms with Gasteiger partial charge >= 0.3 is 5.97 Å². The van der Waals surface area contributed by atoms with Crippen molar-refractivity contribution in [2.24, 2.45) is 5.92 Å². The van der Waals surface area contributed by atoms with Crippen molar-refractivity contribution < 1.29 is 14.7 Å². The highest BCUT2D eigenvalue weighted by Crippen LogP contribution is 2.30. The fourth-order valence-electron chi connectivity index (χ4n) is 3.23. The van der Waals surface area contributed by atoms with Gasteiger partial charge in [-0.15, -0.1) is 0 Å². The molecule has 0 heterocycles. The lowest BCUT2D eigenvalue weighted by Gasteiger charge is -2.13. The number of hydrogen-bond acceptors (Lipinski definition) is 2. The lowest BCUT2D eigenvalue weighted by atomic mass is 9.93. The topological polar surface area (TPSA) is 70.8 Å². The zero-order valence-corrected chi connectivity index (χ0v) is 18.0. The van der Waals surface area contributed by atoms with Crippen LogP contribution in [0.3, 0.4) is 0 Å². The van der Waals surface area contributed by atoms with Crippen LogP contribution in [0.4, 0.5) is 5.69 Å². The molecule has 3 aromatic rings. The second-order valence-corrected chi connectivity index (χ2v) is 7.79. The molecule has 0 aliphatic heterocycles. The van der Waals surface area contributed by atoms with E-state index in [4.69, 9.17) is 6.57 Å². The third kappa shape index (κ3) is 5.50. The van der Waals surface area contributed by atoms with Crippen LogP contribution in [0.25, 0.3) is 28.1 Å². The van der Waals surface area contributed by atoms with Gasteiger partial charge < -0.3 is 10.4 Å². The number of carbonyl (C=O) groups is 2. The van der Waals surface area contributed by atoms with Gasteiger partial charge in [0.2, 0.25) is 0 Å². The smallest absolute Gasteiger partial charge is 0.336 e. The van der Waals surface area contributed by atoms with Crippen molar-refractivity contribution in [3.05, 3.63) is 100 Å². The van der Waals surface area contributed by atoms with E-state index in [2.05, 4.69) is 10.2 Å². The molecular weight excluding hydrogens is 400 g/mol. The minimum absolute atomic E-state index is 0.0736. The summed E-state index contributed by atoms with van der Waals surface area (Å²) in [6, 6.07) is 19.5. The number of carboxylic acids is 1. The molecule has 32 heavy (non-hydrogen) atoms. The number of amides is 1. The van der Waals surface area contributed by atoms with Crippen LogP contribution in [0, 0.1) is 12.5 Å². The summed E-state index contributed by atoms with van der Waals surface area (Å²) in [6.07, 6.45) is 3.83. The molecule has 0 atom stereocenters. The van der Waals surface area contributed by atoms with Crippen molar-refractivity contribution in [1.82, 2.24) is 5.32 Å². The van der Waals surface area contributed by atoms with Gasteiger partial charge in [-0.2, -0.15) is 0 Å². The highest BCUT2D eigenvalue weighted by atomic mass is 16.4. The van der Waals surface area contributed by atoms with Crippen LogP contribution in [0.15, 0.2) is 66.7 Å². The number of carbonyl (C=O) groups excluding carboxylic acids is 1. The zero-order chi connectivity index (χ0) is 23.1. The Balaban J connectivity index is 1.97. The Morgan fingerprint density at radius 1 is 1.00 bits per heavy atom. The van der Waals surface area contributed by atoms with Gasteiger partial charge in [-0.1, -0.05) is 80.6 Å². The van der Waals surface area contributed by atoms with E-state index in [1.54, 1.807) is 24.3 Å². The van der Waals surface area contributed by atoms with E-state index in [0.717, 1.165) is 16.7 Å². The van der Waals surface area contributed by atoms with Crippen molar-refractivity contribution in [2.75, 3.05) is 6.54 Å². The molecular formula is C27H24N2O3. The molecule has 0 radical (unpaired) electrons. The van der Waals surface area contributed by atoms with Crippen molar-refractivity contribution >= 4 is 29.7 Å². The summed E-state index contributed by atoms with van der Waals surface area (Å²) in [5, 5.41) is 12.6. The fourth-order valence-corrected chi connectivity index (χ4v) is 3.23. The SMILES string of the molecule is [C-]#[N+]c1ccc(C=Cc2ccccc2-c2ccc(C(=O)NCC(C)C)cc2C(=O)O)cc1. The molecule has 0 aliphatic carbocycles. The highest BCUT2D eigenvalue weighted by Gasteiger charge is 2.17. The molecule has 0 aliphatic rings. The molecule has 0 fully saturated rings. The van der Waals surface area contributed by atoms with Gasteiger partial charge in [-0.25, -0.2) is 9.64 Å². The van der Waals surface area contributed by atoms with E-state index >= 15 is 0 Å². The Bertz CT molecular complexity index is 1200. The molecule has 0 aromatic heterocycles. The van der Waals surface area contributed by atoms with Gasteiger partial charge in [0.25, 0.3) is 5.91 Å². The van der Waals surface area contributed by atoms with Crippen molar-refractivity contribution in [2.45, 2.75) is 13.8 Å². The Morgan fingerprint density at radius 3 is 2.38 bits per heavy atom. The van der Waals surface area contributed by atoms with Gasteiger partial charge in [0.15, 0.2) is 5.69 Å². The third-order valence-electron chi connectivity index (χ3n) is 4.91. The lowest BCUT2D eigenvalue weighted by molar-refractivity contribution is 0.0697. The minimum Gasteiger partial charge on any atom is -0.478 e. The number of hydrogen-bond donors (Lipinski definition) is 2. The van der Waals surface area contributed by atoms with Crippen LogP contribution in [0.2, 0.25) is 0 Å². The standard InChI is InChI=1S/C27H24N2O3/c1-18(2)17-29-26(30)21-12-15-24(25(16-21)27(31)32)23-7-5-4-6-20(23)11-8-19-9-13-22(28-3)14-10-19/h4-16,18H,17H2,1-2H3,(H,29,30)(H,31,32). The summed E-state index contributed by atoms with van der Waals surface area (Å²) in [5.41, 5.74) is 4.05. The summed E-state index contributed by atoms with van der Waals surface area (Å²) in [6.45, 7) is 11.6. The molecule has 2 N–H and O–H groups in total. The average Bonchev–Trinajstić information content (AvgIpc) is 2.81. The van der Waals surface area contributed by atoms with E-state index < -0.39 is 5.97 Å². The van der Waals surface area contributed by atoms with E-state index in [-0.39, 0.29) is 11.5 Å². The van der Waals surface area contributed by atoms with Crippen LogP contribution >= 0.6 is 0 Å². The highest BCUT2D eigenvalue weighted by molar-refractivity contribution is 6.02. The van der Waals surface area contributed by atoms with Crippen molar-refractivity contribution in [3.8, 4) is 11.1 Å². The number of rotatable bonds is 7. The van der Waals surface area contributed by atoms with E-state index in [1.165, 1.54) is 6.07 Å². The Hall–Kier alpha value is -4.17. The van der Waals surface area contributed by atoms with Crippen LogP contribution in [-0.2, 0) is 0 Å². The van der Waals surface area contributed by atoms with Gasteiger partial charge in [-0.3, -0.25) is 4.79 Å². The van der Waals surface area contributed by atoms with Gasteiger partial charge in [-0.05, 0) is 40.3 Å². The maximum atomic E-state index is 12.4. The zero-order valence-electron chi connectivity index (χ0n) is 18.0. The molecule has 160 valence electrons. The molecule has 5 heteroatoms. The fraction of sp³-hybridized carbons (Fsp3) is 0.148. The summed E-state index contributed by atoms with van der Waals surface area (Å²) >= 11 is 0. The number of nitrogens with zero attached hydrogens (tertiary/aromatic N) is 1. The Labute approximate surface area is 187 Å². The van der Waals surface area contributed by atoms with E-state index in [9.17, 15) is 14.7 Å². The predicted octanol–water partition coefficient (Wildman–Crippen LogP) is 6.16. The minimum atomic E-state index is -1.09. The number of carboxylic acid groups (broad SMARTS) is 1. The monoisotopic (exact) mass is 424 g/mol. The Kier molecular flexibility index (Phi) is 7.20. The molecule has 3 aromatic carbocycles. The van der Waals surface area contributed by atoms with Crippen LogP contribution in [-0.4, -0.2) is 23.5 Å². The number of benzene rings is 3. The van der Waals surface area contributed by atoms with Crippen LogP contribution in [0.1, 0.15) is 45.7 Å². The number of nitrogens with one attached hydrogen (secondary N) is 1. The molecule has 0 unspecified atom stereocenters. The molecule has 1 amide bonds. The first-order chi connectivity index (χ1) is 15.4. The summed E-state index contributed by atoms with van der Waals surface area (Å²) in [5.74, 6) is -1.08. The second kappa shape index (κ2) is 10.2. The first-order valence-electron chi connectivity index (χ1n) is 10.3. The van der Waals surface area contributed by atoms with Gasteiger partial charge in [0.1, 0.15) is 0 Å². The predicted molar refractivity (Wildman–Crippen MR) is 128 cm³/mol. The number of aromatic carboxylic acids is 1. The van der Waals surface area contributed by atoms with Gasteiger partial charge in [0.05, 0.1) is 12.1 Å². The normalized spacial score (nSPS) is 10.8. The first-order valence-corrected chi connectivity index (χ1v) is 10.3. The van der Waals surface area contributed by atoms with Crippen molar-refractivity contribution in [1.29, 1.82) is 0 Å². The summed E-state index contributed by atoms with van der Waals surface area (Å²) in [7, 11) is 0. The van der Waals surface area contributed by atoms with E-state index in [1.807, 2.05) is 62.4 Å². The third-order valence-corrected chi connectivity index (χ3v) is 4.91. The first kappa shape index (κ1) is 22.5. The maximum absolute atomic E-state index is 12.4. The molecule has 0 saturated heterocycles. The lowest BCUT2D eigenvalue weighted by Crippen LogP contribution is -2.27. The van der Waals surface area contributed by atoms with E-state index in [0.29, 0.717) is 29.3 Å². The Morgan fingerprint density at radius 2 is 1.72 bits per heavy atom. The van der Waals surface area contributed by atoms with Crippen LogP contribution < -0.4 is 5.32 Å².